The van der Waals surface area contributed by atoms with Crippen LogP contribution >= 0.6 is 0 Å². The predicted molar refractivity (Wildman–Crippen MR) is 112 cm³/mol. The van der Waals surface area contributed by atoms with E-state index in [0.29, 0.717) is 18.1 Å². The summed E-state index contributed by atoms with van der Waals surface area (Å²) in [4.78, 5) is 25.4. The number of rotatable bonds is 6. The Morgan fingerprint density at radius 2 is 2.00 bits per heavy atom. The van der Waals surface area contributed by atoms with E-state index in [4.69, 9.17) is 4.74 Å². The smallest absolute Gasteiger partial charge is 0.257 e. The minimum Gasteiger partial charge on any atom is -0.451 e. The molecular weight excluding hydrogens is 385 g/mol. The lowest BCUT2D eigenvalue weighted by Gasteiger charge is -2.26. The lowest BCUT2D eigenvalue weighted by molar-refractivity contribution is 0.0713. The van der Waals surface area contributed by atoms with E-state index in [1.807, 2.05) is 20.8 Å². The van der Waals surface area contributed by atoms with Crippen LogP contribution in [0.3, 0.4) is 0 Å². The number of carbonyl (C=O) groups is 1. The third-order valence-electron chi connectivity index (χ3n) is 5.52. The summed E-state index contributed by atoms with van der Waals surface area (Å²) in [6.45, 7) is 9.62. The maximum atomic E-state index is 14.0. The van der Waals surface area contributed by atoms with Gasteiger partial charge in [-0.3, -0.25) is 4.79 Å². The molecule has 0 saturated carbocycles. The van der Waals surface area contributed by atoms with Gasteiger partial charge in [0.1, 0.15) is 17.9 Å². The van der Waals surface area contributed by atoms with Gasteiger partial charge in [0.05, 0.1) is 11.8 Å². The molecule has 8 heteroatoms. The molecule has 2 aromatic rings. The Kier molecular flexibility index (Phi) is 5.67. The molecule has 0 saturated heterocycles. The molecule has 0 atom stereocenters. The van der Waals surface area contributed by atoms with E-state index in [1.165, 1.54) is 35.7 Å². The number of nitrogens with one attached hydrogen (secondary N) is 1. The zero-order chi connectivity index (χ0) is 21.3. The molecule has 2 aliphatic heterocycles. The number of hydrogen-bond donors (Lipinski definition) is 1. The molecule has 0 bridgehead atoms. The number of anilines is 1. The molecule has 1 amide bonds. The lowest BCUT2D eigenvalue weighted by atomic mass is 10.1. The molecule has 0 radical (unpaired) electrons. The van der Waals surface area contributed by atoms with Crippen LogP contribution in [0.2, 0.25) is 0 Å². The molecule has 30 heavy (non-hydrogen) atoms. The molecule has 3 heterocycles. The summed E-state index contributed by atoms with van der Waals surface area (Å²) in [5.41, 5.74) is 2.95. The van der Waals surface area contributed by atoms with E-state index in [1.54, 1.807) is 11.1 Å². The average molecular weight is 411 g/mol. The molecule has 1 N–H and O–H groups in total. The molecule has 2 aliphatic rings. The Balaban J connectivity index is 1.64. The van der Waals surface area contributed by atoms with Gasteiger partial charge in [-0.2, -0.15) is 0 Å². The second-order valence-corrected chi connectivity index (χ2v) is 7.80. The summed E-state index contributed by atoms with van der Waals surface area (Å²) >= 11 is 0. The van der Waals surface area contributed by atoms with Gasteiger partial charge in [-0.05, 0) is 50.1 Å². The van der Waals surface area contributed by atoms with Crippen molar-refractivity contribution in [1.29, 1.82) is 0 Å². The molecule has 4 rings (SSSR count). The highest BCUT2D eigenvalue weighted by atomic mass is 19.1. The summed E-state index contributed by atoms with van der Waals surface area (Å²) < 4.78 is 20.1. The number of nitrogens with zero attached hydrogens (tertiary/aromatic N) is 4. The van der Waals surface area contributed by atoms with Crippen LogP contribution in [0.4, 0.5) is 10.2 Å². The van der Waals surface area contributed by atoms with Gasteiger partial charge in [0.25, 0.3) is 5.91 Å². The van der Waals surface area contributed by atoms with E-state index in [-0.39, 0.29) is 23.3 Å². The number of aromatic nitrogens is 2. The van der Waals surface area contributed by atoms with Crippen molar-refractivity contribution < 1.29 is 13.9 Å². The first-order valence-corrected chi connectivity index (χ1v) is 10.2. The highest BCUT2D eigenvalue weighted by Crippen LogP contribution is 2.35. The highest BCUT2D eigenvalue weighted by molar-refractivity contribution is 5.97. The van der Waals surface area contributed by atoms with Crippen LogP contribution in [0.1, 0.15) is 31.1 Å². The lowest BCUT2D eigenvalue weighted by Crippen LogP contribution is -2.36. The summed E-state index contributed by atoms with van der Waals surface area (Å²) in [5, 5.41) is 3.36. The van der Waals surface area contributed by atoms with Gasteiger partial charge in [0, 0.05) is 38.8 Å². The van der Waals surface area contributed by atoms with Crippen LogP contribution in [-0.2, 0) is 0 Å². The number of amides is 1. The molecule has 1 aromatic carbocycles. The number of carbonyl (C=O) groups excluding carboxylic acids is 1. The van der Waals surface area contributed by atoms with Gasteiger partial charge >= 0.3 is 0 Å². The zero-order valence-electron chi connectivity index (χ0n) is 17.5. The van der Waals surface area contributed by atoms with Crippen molar-refractivity contribution in [2.45, 2.75) is 26.8 Å². The van der Waals surface area contributed by atoms with Crippen molar-refractivity contribution in [3.8, 4) is 11.5 Å². The fourth-order valence-corrected chi connectivity index (χ4v) is 4.01. The second-order valence-electron chi connectivity index (χ2n) is 7.80. The van der Waals surface area contributed by atoms with E-state index in [0.717, 1.165) is 26.2 Å². The summed E-state index contributed by atoms with van der Waals surface area (Å²) in [5.74, 6) is 0.645. The fraction of sp³-hybridized carbons (Fsp3) is 0.409. The van der Waals surface area contributed by atoms with E-state index in [2.05, 4.69) is 20.2 Å². The zero-order valence-corrected chi connectivity index (χ0v) is 17.5. The van der Waals surface area contributed by atoms with Gasteiger partial charge in [-0.25, -0.2) is 14.4 Å². The van der Waals surface area contributed by atoms with Crippen LogP contribution in [0.5, 0.6) is 11.5 Å². The molecular formula is C22H26FN5O2. The largest absolute Gasteiger partial charge is 0.451 e. The normalized spacial score (nSPS) is 15.7. The summed E-state index contributed by atoms with van der Waals surface area (Å²) in [6, 6.07) is 3.99. The monoisotopic (exact) mass is 411 g/mol. The van der Waals surface area contributed by atoms with Crippen molar-refractivity contribution in [2.75, 3.05) is 37.6 Å². The molecule has 7 nitrogen and oxygen atoms in total. The Bertz CT molecular complexity index is 975. The standard InChI is InChI=1S/C22H26FN5O2/c1-4-28(14(2)3)22(29)18-7-17(23)5-6-19(18)30-20-10-25-13-26-21(20)27-11-15-8-24-9-16(15)12-27/h5-7,10,13-14,24H,4,8-9,11-12H2,1-3H3. The predicted octanol–water partition coefficient (Wildman–Crippen LogP) is 3.00. The minimum absolute atomic E-state index is 0.0130. The molecule has 0 fully saturated rings. The van der Waals surface area contributed by atoms with Crippen LogP contribution in [0.15, 0.2) is 41.9 Å². The number of benzene rings is 1. The average Bonchev–Trinajstić information content (AvgIpc) is 3.32. The van der Waals surface area contributed by atoms with Gasteiger partial charge < -0.3 is 19.9 Å². The van der Waals surface area contributed by atoms with Crippen molar-refractivity contribution in [2.24, 2.45) is 0 Å². The van der Waals surface area contributed by atoms with Crippen LogP contribution in [-0.4, -0.2) is 59.5 Å². The van der Waals surface area contributed by atoms with Gasteiger partial charge in [0.15, 0.2) is 11.6 Å². The number of halogens is 1. The number of hydrogen-bond acceptors (Lipinski definition) is 6. The summed E-state index contributed by atoms with van der Waals surface area (Å²) in [7, 11) is 0. The SMILES string of the molecule is CCN(C(=O)c1cc(F)ccc1Oc1cncnc1N1CC2=C(CNC2)C1)C(C)C. The Morgan fingerprint density at radius 1 is 1.27 bits per heavy atom. The number of ether oxygens (including phenoxy) is 1. The molecule has 158 valence electrons. The van der Waals surface area contributed by atoms with Crippen molar-refractivity contribution in [3.63, 3.8) is 0 Å². The third kappa shape index (κ3) is 3.87. The first-order valence-electron chi connectivity index (χ1n) is 10.2. The first-order chi connectivity index (χ1) is 14.5. The molecule has 0 spiro atoms. The van der Waals surface area contributed by atoms with Crippen LogP contribution < -0.4 is 15.0 Å². The summed E-state index contributed by atoms with van der Waals surface area (Å²) in [6.07, 6.45) is 3.07. The maximum Gasteiger partial charge on any atom is 0.257 e. The second kappa shape index (κ2) is 8.39. The van der Waals surface area contributed by atoms with Crippen molar-refractivity contribution in [1.82, 2.24) is 20.2 Å². The molecule has 0 unspecified atom stereocenters. The Hall–Kier alpha value is -3.00. The molecule has 0 aliphatic carbocycles. The Morgan fingerprint density at radius 3 is 2.67 bits per heavy atom. The van der Waals surface area contributed by atoms with Crippen molar-refractivity contribution in [3.05, 3.63) is 53.3 Å². The molecule has 1 aromatic heterocycles. The quantitative estimate of drug-likeness (QED) is 0.737. The van der Waals surface area contributed by atoms with Crippen LogP contribution in [0.25, 0.3) is 0 Å². The Labute approximate surface area is 175 Å². The van der Waals surface area contributed by atoms with Crippen molar-refractivity contribution >= 4 is 11.7 Å². The van der Waals surface area contributed by atoms with Gasteiger partial charge in [0.2, 0.25) is 0 Å². The fourth-order valence-electron chi connectivity index (χ4n) is 4.01. The highest BCUT2D eigenvalue weighted by Gasteiger charge is 2.29. The van der Waals surface area contributed by atoms with E-state index in [9.17, 15) is 9.18 Å². The van der Waals surface area contributed by atoms with Gasteiger partial charge in [-0.1, -0.05) is 0 Å². The minimum atomic E-state index is -0.484. The van der Waals surface area contributed by atoms with E-state index < -0.39 is 5.82 Å². The van der Waals surface area contributed by atoms with Gasteiger partial charge in [-0.15, -0.1) is 0 Å². The van der Waals surface area contributed by atoms with Crippen LogP contribution in [0, 0.1) is 5.82 Å². The maximum absolute atomic E-state index is 14.0. The topological polar surface area (TPSA) is 70.6 Å². The van der Waals surface area contributed by atoms with E-state index >= 15 is 0 Å². The first kappa shape index (κ1) is 20.3. The third-order valence-corrected chi connectivity index (χ3v) is 5.52.